The third-order valence-corrected chi connectivity index (χ3v) is 3.37. The summed E-state index contributed by atoms with van der Waals surface area (Å²) >= 11 is 0.930. The van der Waals surface area contributed by atoms with Gasteiger partial charge in [0.05, 0.1) is 6.61 Å². The number of aliphatic hydroxyl groups is 4. The van der Waals surface area contributed by atoms with Gasteiger partial charge in [-0.3, -0.25) is 0 Å². The highest BCUT2D eigenvalue weighted by atomic mass is 32.2. The number of nitrogens with zero attached hydrogens (tertiary/aromatic N) is 4. The quantitative estimate of drug-likeness (QED) is 0.449. The molecular weight excluding hydrogens is 252 g/mol. The maximum atomic E-state index is 9.70. The van der Waals surface area contributed by atoms with Crippen LogP contribution in [0.25, 0.3) is 0 Å². The molecule has 1 aliphatic heterocycles. The monoisotopic (exact) mass is 264 g/mol. The van der Waals surface area contributed by atoms with E-state index in [2.05, 4.69) is 15.5 Å². The van der Waals surface area contributed by atoms with Crippen molar-refractivity contribution in [2.45, 2.75) is 29.9 Å². The van der Waals surface area contributed by atoms with Crippen molar-refractivity contribution in [1.82, 2.24) is 19.6 Å². The number of rotatable bonds is 3. The van der Waals surface area contributed by atoms with Gasteiger partial charge in [-0.2, -0.15) is 4.09 Å². The van der Waals surface area contributed by atoms with Gasteiger partial charge in [0, 0.05) is 11.9 Å². The van der Waals surface area contributed by atoms with Crippen LogP contribution in [0.1, 0.15) is 0 Å². The molecule has 0 spiro atoms. The average Bonchev–Trinajstić information content (AvgIpc) is 2.83. The van der Waals surface area contributed by atoms with Gasteiger partial charge in [-0.05, 0) is 10.4 Å². The van der Waals surface area contributed by atoms with Crippen molar-refractivity contribution >= 4 is 11.9 Å². The van der Waals surface area contributed by atoms with Gasteiger partial charge >= 0.3 is 0 Å². The molecule has 10 heteroatoms. The molecule has 4 N–H and O–H groups in total. The fourth-order valence-corrected chi connectivity index (χ4v) is 2.32. The SMILES string of the molecule is OC[C@H]1OC(Sn2cnnn2)[C@H](O)[C@@H](O)[C@@H]1O. The van der Waals surface area contributed by atoms with Crippen molar-refractivity contribution in [2.24, 2.45) is 0 Å². The summed E-state index contributed by atoms with van der Waals surface area (Å²) < 4.78 is 6.48. The molecule has 0 radical (unpaired) electrons. The van der Waals surface area contributed by atoms with Crippen LogP contribution in [-0.2, 0) is 4.74 Å². The molecule has 0 bridgehead atoms. The van der Waals surface area contributed by atoms with E-state index in [4.69, 9.17) is 9.84 Å². The standard InChI is InChI=1S/C7H12N4O5S/c12-1-3-4(13)5(14)6(15)7(16-3)17-11-2-8-9-10-11/h2-7,12-15H,1H2/t3-,4-,5+,6-,7?/m1/s1. The average molecular weight is 264 g/mol. The first-order chi connectivity index (χ1) is 8.13. The summed E-state index contributed by atoms with van der Waals surface area (Å²) in [5.41, 5.74) is -0.881. The predicted molar refractivity (Wildman–Crippen MR) is 54.6 cm³/mol. The first-order valence-corrected chi connectivity index (χ1v) is 5.68. The minimum Gasteiger partial charge on any atom is -0.394 e. The Morgan fingerprint density at radius 1 is 1.24 bits per heavy atom. The fourth-order valence-electron chi connectivity index (χ4n) is 1.46. The Morgan fingerprint density at radius 3 is 2.59 bits per heavy atom. The largest absolute Gasteiger partial charge is 0.394 e. The van der Waals surface area contributed by atoms with Gasteiger partial charge in [0.15, 0.2) is 11.8 Å². The van der Waals surface area contributed by atoms with Gasteiger partial charge in [-0.15, -0.1) is 5.10 Å². The van der Waals surface area contributed by atoms with Crippen LogP contribution in [0.15, 0.2) is 6.33 Å². The van der Waals surface area contributed by atoms with Gasteiger partial charge < -0.3 is 25.2 Å². The van der Waals surface area contributed by atoms with E-state index >= 15 is 0 Å². The molecule has 2 rings (SSSR count). The zero-order chi connectivity index (χ0) is 12.4. The maximum absolute atomic E-state index is 9.70. The Kier molecular flexibility index (Phi) is 3.91. The number of hydrogen-bond donors (Lipinski definition) is 4. The fraction of sp³-hybridized carbons (Fsp3) is 0.857. The molecule has 0 aliphatic carbocycles. The lowest BCUT2D eigenvalue weighted by Crippen LogP contribution is -2.57. The summed E-state index contributed by atoms with van der Waals surface area (Å²) in [7, 11) is 0. The Balaban J connectivity index is 2.06. The van der Waals surface area contributed by atoms with Crippen LogP contribution in [-0.4, -0.2) is 76.5 Å². The van der Waals surface area contributed by atoms with E-state index in [9.17, 15) is 15.3 Å². The lowest BCUT2D eigenvalue weighted by Gasteiger charge is -2.39. The van der Waals surface area contributed by atoms with E-state index in [1.165, 1.54) is 10.4 Å². The lowest BCUT2D eigenvalue weighted by molar-refractivity contribution is -0.205. The van der Waals surface area contributed by atoms with Crippen LogP contribution in [0, 0.1) is 0 Å². The number of ether oxygens (including phenoxy) is 1. The van der Waals surface area contributed by atoms with Crippen LogP contribution in [0.3, 0.4) is 0 Å². The minimum absolute atomic E-state index is 0.461. The number of hydrogen-bond acceptors (Lipinski definition) is 9. The van der Waals surface area contributed by atoms with Crippen molar-refractivity contribution < 1.29 is 25.2 Å². The number of tetrazole rings is 1. The van der Waals surface area contributed by atoms with Crippen molar-refractivity contribution in [2.75, 3.05) is 6.61 Å². The minimum atomic E-state index is -1.39. The van der Waals surface area contributed by atoms with Crippen molar-refractivity contribution in [3.05, 3.63) is 6.33 Å². The summed E-state index contributed by atoms with van der Waals surface area (Å²) in [5, 5.41) is 48.1. The zero-order valence-corrected chi connectivity index (χ0v) is 9.38. The molecule has 2 heterocycles. The molecule has 0 saturated carbocycles. The molecule has 5 atom stereocenters. The summed E-state index contributed by atoms with van der Waals surface area (Å²) in [6.07, 6.45) is -3.69. The van der Waals surface area contributed by atoms with Crippen LogP contribution in [0.5, 0.6) is 0 Å². The third-order valence-electron chi connectivity index (χ3n) is 2.39. The van der Waals surface area contributed by atoms with E-state index in [1.807, 2.05) is 0 Å². The van der Waals surface area contributed by atoms with Gasteiger partial charge in [0.1, 0.15) is 24.4 Å². The predicted octanol–water partition coefficient (Wildman–Crippen LogP) is -3.03. The maximum Gasteiger partial charge on any atom is 0.153 e. The third kappa shape index (κ3) is 2.56. The highest BCUT2D eigenvalue weighted by molar-refractivity contribution is 7.98. The van der Waals surface area contributed by atoms with Crippen molar-refractivity contribution in [3.8, 4) is 0 Å². The van der Waals surface area contributed by atoms with Crippen LogP contribution in [0.4, 0.5) is 0 Å². The summed E-state index contributed by atoms with van der Waals surface area (Å²) in [6, 6.07) is 0. The second-order valence-corrected chi connectivity index (χ2v) is 4.56. The Bertz CT molecular complexity index is 350. The van der Waals surface area contributed by atoms with E-state index < -0.39 is 36.5 Å². The highest BCUT2D eigenvalue weighted by Crippen LogP contribution is 2.28. The molecule has 17 heavy (non-hydrogen) atoms. The number of aliphatic hydroxyl groups excluding tert-OH is 4. The smallest absolute Gasteiger partial charge is 0.153 e. The first kappa shape index (κ1) is 12.7. The Morgan fingerprint density at radius 2 is 2.00 bits per heavy atom. The van der Waals surface area contributed by atoms with E-state index in [0.717, 1.165) is 11.9 Å². The molecule has 96 valence electrons. The molecule has 1 unspecified atom stereocenters. The zero-order valence-electron chi connectivity index (χ0n) is 8.57. The van der Waals surface area contributed by atoms with Gasteiger partial charge in [-0.25, -0.2) is 0 Å². The molecule has 1 aromatic rings. The highest BCUT2D eigenvalue weighted by Gasteiger charge is 2.44. The van der Waals surface area contributed by atoms with Crippen LogP contribution < -0.4 is 0 Å². The second kappa shape index (κ2) is 5.25. The number of aromatic nitrogens is 4. The van der Waals surface area contributed by atoms with Crippen molar-refractivity contribution in [3.63, 3.8) is 0 Å². The van der Waals surface area contributed by atoms with Crippen LogP contribution >= 0.6 is 11.9 Å². The second-order valence-electron chi connectivity index (χ2n) is 3.52. The molecule has 9 nitrogen and oxygen atoms in total. The molecule has 1 saturated heterocycles. The summed E-state index contributed by atoms with van der Waals surface area (Å²) in [6.45, 7) is -0.461. The molecular formula is C7H12N4O5S. The lowest BCUT2D eigenvalue weighted by atomic mass is 10.0. The summed E-state index contributed by atoms with van der Waals surface area (Å²) in [4.78, 5) is 0. The van der Waals surface area contributed by atoms with E-state index in [1.54, 1.807) is 0 Å². The summed E-state index contributed by atoms with van der Waals surface area (Å²) in [5.74, 6) is 0. The van der Waals surface area contributed by atoms with E-state index in [0.29, 0.717) is 0 Å². The van der Waals surface area contributed by atoms with Gasteiger partial charge in [-0.1, -0.05) is 0 Å². The molecule has 0 amide bonds. The van der Waals surface area contributed by atoms with E-state index in [-0.39, 0.29) is 0 Å². The first-order valence-electron chi connectivity index (χ1n) is 4.84. The molecule has 1 aliphatic rings. The van der Waals surface area contributed by atoms with Crippen LogP contribution in [0.2, 0.25) is 0 Å². The van der Waals surface area contributed by atoms with Gasteiger partial charge in [0.25, 0.3) is 0 Å². The normalized spacial score (nSPS) is 38.2. The Hall–Kier alpha value is -0.780. The molecule has 1 aromatic heterocycles. The topological polar surface area (TPSA) is 134 Å². The van der Waals surface area contributed by atoms with Crippen molar-refractivity contribution in [1.29, 1.82) is 0 Å². The molecule has 1 fully saturated rings. The van der Waals surface area contributed by atoms with Gasteiger partial charge in [0.2, 0.25) is 0 Å². The molecule has 0 aromatic carbocycles. The Labute approximate surface area is 100 Å².